The lowest BCUT2D eigenvalue weighted by Crippen LogP contribution is -2.22. The van der Waals surface area contributed by atoms with Crippen LogP contribution in [-0.4, -0.2) is 14.1 Å². The Morgan fingerprint density at radius 3 is 2.33 bits per heavy atom. The second-order valence-corrected chi connectivity index (χ2v) is 6.12. The highest BCUT2D eigenvalue weighted by molar-refractivity contribution is 6.77. The average molecular weight is 303 g/mol. The lowest BCUT2D eigenvalue weighted by molar-refractivity contribution is 0.0988. The van der Waals surface area contributed by atoms with Crippen LogP contribution < -0.4 is 0 Å². The number of hydrogen-bond acceptors (Lipinski definition) is 1. The molecule has 0 spiro atoms. The van der Waals surface area contributed by atoms with Gasteiger partial charge in [-0.05, 0) is 17.7 Å². The zero-order valence-corrected chi connectivity index (χ0v) is 11.6. The number of halogens is 3. The Bertz CT molecular complexity index is 543. The third-order valence-corrected chi connectivity index (χ3v) is 3.03. The number of aromatic nitrogens is 1. The minimum Gasteiger partial charge on any atom is -0.341 e. The van der Waals surface area contributed by atoms with Crippen LogP contribution >= 0.6 is 34.8 Å². The number of hydrogen-bond donors (Lipinski definition) is 0. The molecule has 0 N–H and O–H groups in total. The fraction of sp³-hybridized carbons (Fsp3) is 0.154. The van der Waals surface area contributed by atoms with E-state index < -0.39 is 9.58 Å². The average Bonchev–Trinajstić information content (AvgIpc) is 2.76. The van der Waals surface area contributed by atoms with E-state index in [1.807, 2.05) is 30.3 Å². The molecule has 1 heterocycles. The molecule has 1 aromatic carbocycles. The Morgan fingerprint density at radius 1 is 1.06 bits per heavy atom. The number of ketones is 1. The molecule has 0 aliphatic heterocycles. The smallest absolute Gasteiger partial charge is 0.255 e. The summed E-state index contributed by atoms with van der Waals surface area (Å²) in [6.07, 6.45) is 1.79. The summed E-state index contributed by atoms with van der Waals surface area (Å²) in [5.74, 6) is -0.520. The standard InChI is InChI=1S/C13H10Cl3NO/c14-13(15,16)12(18)11-7-4-8-17(11)9-10-5-2-1-3-6-10/h1-8H,9H2. The Morgan fingerprint density at radius 2 is 1.72 bits per heavy atom. The zero-order chi connectivity index (χ0) is 13.2. The highest BCUT2D eigenvalue weighted by Gasteiger charge is 2.33. The van der Waals surface area contributed by atoms with Crippen LogP contribution in [-0.2, 0) is 6.54 Å². The van der Waals surface area contributed by atoms with Crippen LogP contribution in [0.2, 0.25) is 0 Å². The molecule has 0 saturated carbocycles. The lowest BCUT2D eigenvalue weighted by Gasteiger charge is -2.12. The number of rotatable bonds is 3. The molecule has 0 radical (unpaired) electrons. The molecule has 0 saturated heterocycles. The molecule has 2 rings (SSSR count). The highest BCUT2D eigenvalue weighted by Crippen LogP contribution is 2.30. The van der Waals surface area contributed by atoms with E-state index in [9.17, 15) is 4.79 Å². The van der Waals surface area contributed by atoms with Gasteiger partial charge in [-0.2, -0.15) is 0 Å². The minimum absolute atomic E-state index is 0.388. The largest absolute Gasteiger partial charge is 0.341 e. The fourth-order valence-electron chi connectivity index (χ4n) is 1.68. The van der Waals surface area contributed by atoms with Crippen molar-refractivity contribution in [2.24, 2.45) is 0 Å². The van der Waals surface area contributed by atoms with E-state index in [-0.39, 0.29) is 0 Å². The first-order valence-corrected chi connectivity index (χ1v) is 6.42. The van der Waals surface area contributed by atoms with Gasteiger partial charge in [0.05, 0.1) is 5.69 Å². The molecule has 94 valence electrons. The van der Waals surface area contributed by atoms with Crippen molar-refractivity contribution in [2.45, 2.75) is 10.3 Å². The number of Topliss-reactive ketones (excluding diaryl/α,β-unsaturated/α-hetero) is 1. The molecule has 0 aliphatic carbocycles. The highest BCUT2D eigenvalue weighted by atomic mass is 35.6. The summed E-state index contributed by atoms with van der Waals surface area (Å²) in [5, 5.41) is 0. The summed E-state index contributed by atoms with van der Waals surface area (Å²) in [5.41, 5.74) is 1.46. The van der Waals surface area contributed by atoms with Gasteiger partial charge in [-0.25, -0.2) is 0 Å². The molecule has 18 heavy (non-hydrogen) atoms. The normalized spacial score (nSPS) is 11.5. The van der Waals surface area contributed by atoms with Crippen molar-refractivity contribution in [3.63, 3.8) is 0 Å². The van der Waals surface area contributed by atoms with Crippen molar-refractivity contribution < 1.29 is 4.79 Å². The monoisotopic (exact) mass is 301 g/mol. The van der Waals surface area contributed by atoms with Crippen LogP contribution in [0.1, 0.15) is 16.1 Å². The number of nitrogens with zero attached hydrogens (tertiary/aromatic N) is 1. The predicted molar refractivity (Wildman–Crippen MR) is 74.6 cm³/mol. The molecular formula is C13H10Cl3NO. The second kappa shape index (κ2) is 5.35. The summed E-state index contributed by atoms with van der Waals surface area (Å²) in [6.45, 7) is 0.565. The molecule has 0 unspecified atom stereocenters. The van der Waals surface area contributed by atoms with Gasteiger partial charge in [0.2, 0.25) is 5.78 Å². The molecule has 5 heteroatoms. The Kier molecular flexibility index (Phi) is 4.00. The topological polar surface area (TPSA) is 22.0 Å². The molecule has 2 nitrogen and oxygen atoms in total. The van der Waals surface area contributed by atoms with Crippen LogP contribution in [0.25, 0.3) is 0 Å². The Balaban J connectivity index is 2.26. The Hall–Kier alpha value is -0.960. The van der Waals surface area contributed by atoms with Gasteiger partial charge in [0.15, 0.2) is 0 Å². The molecule has 0 aliphatic rings. The molecule has 2 aromatic rings. The SMILES string of the molecule is O=C(c1cccn1Cc1ccccc1)C(Cl)(Cl)Cl. The molecular weight excluding hydrogens is 293 g/mol. The molecule has 1 aromatic heterocycles. The molecule has 0 atom stereocenters. The van der Waals surface area contributed by atoms with Gasteiger partial charge < -0.3 is 4.57 Å². The summed E-state index contributed by atoms with van der Waals surface area (Å²) in [6, 6.07) is 13.2. The van der Waals surface area contributed by atoms with Crippen molar-refractivity contribution in [3.8, 4) is 0 Å². The van der Waals surface area contributed by atoms with Crippen LogP contribution in [0, 0.1) is 0 Å². The quantitative estimate of drug-likeness (QED) is 0.618. The van der Waals surface area contributed by atoms with Crippen LogP contribution in [0.3, 0.4) is 0 Å². The first-order valence-electron chi connectivity index (χ1n) is 5.29. The number of carbonyl (C=O) groups is 1. The van der Waals surface area contributed by atoms with Gasteiger partial charge in [0.25, 0.3) is 3.79 Å². The van der Waals surface area contributed by atoms with Gasteiger partial charge in [-0.3, -0.25) is 4.79 Å². The molecule has 0 bridgehead atoms. The number of benzene rings is 1. The predicted octanol–water partition coefficient (Wildman–Crippen LogP) is 4.09. The van der Waals surface area contributed by atoms with E-state index in [1.54, 1.807) is 22.9 Å². The first-order chi connectivity index (χ1) is 8.48. The first kappa shape index (κ1) is 13.5. The lowest BCUT2D eigenvalue weighted by atomic mass is 10.2. The maximum atomic E-state index is 11.9. The third kappa shape index (κ3) is 3.08. The van der Waals surface area contributed by atoms with Crippen molar-refractivity contribution in [1.82, 2.24) is 4.57 Å². The van der Waals surface area contributed by atoms with Crippen molar-refractivity contribution in [3.05, 3.63) is 59.9 Å². The van der Waals surface area contributed by atoms with E-state index in [0.717, 1.165) is 5.56 Å². The van der Waals surface area contributed by atoms with E-state index in [1.165, 1.54) is 0 Å². The molecule has 0 fully saturated rings. The summed E-state index contributed by atoms with van der Waals surface area (Å²) < 4.78 is -0.160. The second-order valence-electron chi connectivity index (χ2n) is 3.83. The van der Waals surface area contributed by atoms with E-state index >= 15 is 0 Å². The van der Waals surface area contributed by atoms with Gasteiger partial charge in [0, 0.05) is 12.7 Å². The van der Waals surface area contributed by atoms with Crippen LogP contribution in [0.5, 0.6) is 0 Å². The number of alkyl halides is 3. The van der Waals surface area contributed by atoms with Gasteiger partial charge in [-0.1, -0.05) is 65.1 Å². The van der Waals surface area contributed by atoms with Crippen LogP contribution in [0.15, 0.2) is 48.7 Å². The van der Waals surface area contributed by atoms with Gasteiger partial charge in [0.1, 0.15) is 0 Å². The maximum absolute atomic E-state index is 11.9. The Labute approximate surface area is 120 Å². The third-order valence-electron chi connectivity index (χ3n) is 2.52. The summed E-state index contributed by atoms with van der Waals surface area (Å²) >= 11 is 16.9. The van der Waals surface area contributed by atoms with E-state index in [0.29, 0.717) is 12.2 Å². The van der Waals surface area contributed by atoms with Crippen molar-refractivity contribution >= 4 is 40.6 Å². The maximum Gasteiger partial charge on any atom is 0.255 e. The fourth-order valence-corrected chi connectivity index (χ4v) is 1.97. The summed E-state index contributed by atoms with van der Waals surface area (Å²) in [7, 11) is 0. The van der Waals surface area contributed by atoms with Crippen molar-refractivity contribution in [1.29, 1.82) is 0 Å². The van der Waals surface area contributed by atoms with Crippen LogP contribution in [0.4, 0.5) is 0 Å². The zero-order valence-electron chi connectivity index (χ0n) is 9.32. The van der Waals surface area contributed by atoms with E-state index in [2.05, 4.69) is 0 Å². The van der Waals surface area contributed by atoms with E-state index in [4.69, 9.17) is 34.8 Å². The van der Waals surface area contributed by atoms with Crippen molar-refractivity contribution in [2.75, 3.05) is 0 Å². The minimum atomic E-state index is -1.92. The number of carbonyl (C=O) groups excluding carboxylic acids is 1. The van der Waals surface area contributed by atoms with Gasteiger partial charge in [-0.15, -0.1) is 0 Å². The summed E-state index contributed by atoms with van der Waals surface area (Å²) in [4.78, 5) is 11.9. The molecule has 0 amide bonds. The van der Waals surface area contributed by atoms with Gasteiger partial charge >= 0.3 is 0 Å².